The summed E-state index contributed by atoms with van der Waals surface area (Å²) < 4.78 is 18.5. The van der Waals surface area contributed by atoms with Crippen LogP contribution in [0.1, 0.15) is 0 Å². The zero-order valence-corrected chi connectivity index (χ0v) is 12.0. The van der Waals surface area contributed by atoms with E-state index in [9.17, 15) is 4.39 Å². The van der Waals surface area contributed by atoms with Crippen LogP contribution in [0.25, 0.3) is 22.8 Å². The molecule has 0 aliphatic carbocycles. The van der Waals surface area contributed by atoms with Crippen molar-refractivity contribution in [1.82, 2.24) is 10.1 Å². The molecule has 0 saturated heterocycles. The van der Waals surface area contributed by atoms with Gasteiger partial charge in [0.25, 0.3) is 5.89 Å². The van der Waals surface area contributed by atoms with E-state index in [2.05, 4.69) is 10.1 Å². The molecule has 0 atom stereocenters. The molecule has 0 bridgehead atoms. The Labute approximate surface area is 125 Å². The van der Waals surface area contributed by atoms with E-state index in [1.165, 1.54) is 18.2 Å². The van der Waals surface area contributed by atoms with Crippen molar-refractivity contribution in [2.24, 2.45) is 0 Å². The van der Waals surface area contributed by atoms with Crippen LogP contribution in [0, 0.1) is 5.82 Å². The van der Waals surface area contributed by atoms with Crippen LogP contribution < -0.4 is 5.73 Å². The molecule has 2 aromatic carbocycles. The number of benzene rings is 2. The topological polar surface area (TPSA) is 64.9 Å². The van der Waals surface area contributed by atoms with Crippen LogP contribution in [0.15, 0.2) is 51.9 Å². The lowest BCUT2D eigenvalue weighted by atomic mass is 10.1. The monoisotopic (exact) mass is 301 g/mol. The first kappa shape index (κ1) is 13.6. The lowest BCUT2D eigenvalue weighted by Gasteiger charge is -1.99. The molecule has 3 aromatic rings. The summed E-state index contributed by atoms with van der Waals surface area (Å²) in [7, 11) is 0. The van der Waals surface area contributed by atoms with Gasteiger partial charge in [-0.25, -0.2) is 4.39 Å². The molecular formula is C15H12FN3OS. The number of anilines is 1. The average molecular weight is 301 g/mol. The standard InChI is InChI=1S/C15H12FN3OS/c1-21-11-5-2-9(3-6-11)14-18-15(20-19-14)12-8-10(16)4-7-13(12)17/h2-8H,17H2,1H3. The molecule has 0 fully saturated rings. The molecule has 21 heavy (non-hydrogen) atoms. The Kier molecular flexibility index (Phi) is 3.62. The van der Waals surface area contributed by atoms with Crippen LogP contribution in [-0.2, 0) is 0 Å². The third-order valence-corrected chi connectivity index (χ3v) is 3.76. The largest absolute Gasteiger partial charge is 0.398 e. The van der Waals surface area contributed by atoms with Crippen molar-refractivity contribution in [3.8, 4) is 22.8 Å². The predicted octanol–water partition coefficient (Wildman–Crippen LogP) is 3.85. The van der Waals surface area contributed by atoms with Gasteiger partial charge < -0.3 is 10.3 Å². The van der Waals surface area contributed by atoms with Gasteiger partial charge in [0.05, 0.1) is 5.56 Å². The summed E-state index contributed by atoms with van der Waals surface area (Å²) in [4.78, 5) is 5.43. The first-order valence-electron chi connectivity index (χ1n) is 6.21. The fourth-order valence-electron chi connectivity index (χ4n) is 1.90. The minimum atomic E-state index is -0.400. The first-order valence-corrected chi connectivity index (χ1v) is 7.43. The molecule has 0 radical (unpaired) electrons. The van der Waals surface area contributed by atoms with Crippen molar-refractivity contribution in [2.45, 2.75) is 4.90 Å². The Morgan fingerprint density at radius 2 is 1.90 bits per heavy atom. The second kappa shape index (κ2) is 5.57. The number of rotatable bonds is 3. The van der Waals surface area contributed by atoms with E-state index in [1.54, 1.807) is 11.8 Å². The van der Waals surface area contributed by atoms with Gasteiger partial charge >= 0.3 is 0 Å². The smallest absolute Gasteiger partial charge is 0.260 e. The summed E-state index contributed by atoms with van der Waals surface area (Å²) in [5.74, 6) is 0.250. The summed E-state index contributed by atoms with van der Waals surface area (Å²) in [6.07, 6.45) is 2.01. The molecule has 0 saturated carbocycles. The number of nitrogen functional groups attached to an aromatic ring is 1. The second-order valence-electron chi connectivity index (χ2n) is 4.38. The van der Waals surface area contributed by atoms with E-state index in [0.29, 0.717) is 17.1 Å². The van der Waals surface area contributed by atoms with Gasteiger partial charge in [-0.2, -0.15) is 4.98 Å². The maximum atomic E-state index is 13.3. The third kappa shape index (κ3) is 2.75. The van der Waals surface area contributed by atoms with Gasteiger partial charge in [0.1, 0.15) is 5.82 Å². The van der Waals surface area contributed by atoms with Gasteiger partial charge in [-0.3, -0.25) is 0 Å². The van der Waals surface area contributed by atoms with Crippen molar-refractivity contribution < 1.29 is 8.91 Å². The highest BCUT2D eigenvalue weighted by atomic mass is 32.2. The lowest BCUT2D eigenvalue weighted by molar-refractivity contribution is 0.432. The molecule has 0 amide bonds. The molecule has 1 heterocycles. The highest BCUT2D eigenvalue weighted by Gasteiger charge is 2.13. The SMILES string of the molecule is CSc1ccc(-c2noc(-c3cc(F)ccc3N)n2)cc1. The van der Waals surface area contributed by atoms with E-state index in [1.807, 2.05) is 30.5 Å². The summed E-state index contributed by atoms with van der Waals surface area (Å²) >= 11 is 1.66. The molecule has 3 rings (SSSR count). The van der Waals surface area contributed by atoms with Crippen LogP contribution in [0.4, 0.5) is 10.1 Å². The van der Waals surface area contributed by atoms with E-state index >= 15 is 0 Å². The van der Waals surface area contributed by atoms with E-state index in [4.69, 9.17) is 10.3 Å². The number of nitrogens with zero attached hydrogens (tertiary/aromatic N) is 2. The zero-order valence-electron chi connectivity index (χ0n) is 11.2. The Hall–Kier alpha value is -2.34. The van der Waals surface area contributed by atoms with Crippen molar-refractivity contribution in [3.05, 3.63) is 48.3 Å². The average Bonchev–Trinajstić information content (AvgIpc) is 2.99. The Morgan fingerprint density at radius 1 is 1.14 bits per heavy atom. The summed E-state index contributed by atoms with van der Waals surface area (Å²) in [6.45, 7) is 0. The fourth-order valence-corrected chi connectivity index (χ4v) is 2.31. The molecular weight excluding hydrogens is 289 g/mol. The molecule has 0 aliphatic rings. The highest BCUT2D eigenvalue weighted by Crippen LogP contribution is 2.28. The van der Waals surface area contributed by atoms with Crippen molar-refractivity contribution >= 4 is 17.4 Å². The van der Waals surface area contributed by atoms with Gasteiger partial charge in [-0.15, -0.1) is 11.8 Å². The first-order chi connectivity index (χ1) is 10.2. The minimum Gasteiger partial charge on any atom is -0.398 e. The molecule has 0 unspecified atom stereocenters. The van der Waals surface area contributed by atoms with Crippen LogP contribution in [0.2, 0.25) is 0 Å². The van der Waals surface area contributed by atoms with E-state index in [-0.39, 0.29) is 5.89 Å². The summed E-state index contributed by atoms with van der Waals surface area (Å²) in [5.41, 5.74) is 7.43. The van der Waals surface area contributed by atoms with Gasteiger partial charge in [0, 0.05) is 16.1 Å². The molecule has 2 N–H and O–H groups in total. The number of thioether (sulfide) groups is 1. The van der Waals surface area contributed by atoms with Gasteiger partial charge in [-0.1, -0.05) is 5.16 Å². The Morgan fingerprint density at radius 3 is 2.62 bits per heavy atom. The van der Waals surface area contributed by atoms with Crippen molar-refractivity contribution in [1.29, 1.82) is 0 Å². The van der Waals surface area contributed by atoms with Gasteiger partial charge in [0.2, 0.25) is 5.82 Å². The Balaban J connectivity index is 1.97. The van der Waals surface area contributed by atoms with Crippen molar-refractivity contribution in [2.75, 3.05) is 12.0 Å². The van der Waals surface area contributed by atoms with Crippen molar-refractivity contribution in [3.63, 3.8) is 0 Å². The molecule has 0 spiro atoms. The normalized spacial score (nSPS) is 10.8. The van der Waals surface area contributed by atoms with Crippen LogP contribution in [-0.4, -0.2) is 16.4 Å². The fraction of sp³-hybridized carbons (Fsp3) is 0.0667. The van der Waals surface area contributed by atoms with E-state index < -0.39 is 5.82 Å². The quantitative estimate of drug-likeness (QED) is 0.588. The number of hydrogen-bond donors (Lipinski definition) is 1. The number of halogens is 1. The molecule has 0 aliphatic heterocycles. The zero-order chi connectivity index (χ0) is 14.8. The number of aromatic nitrogens is 2. The lowest BCUT2D eigenvalue weighted by Crippen LogP contribution is -1.91. The minimum absolute atomic E-state index is 0.205. The van der Waals surface area contributed by atoms with Gasteiger partial charge in [-0.05, 0) is 48.7 Å². The number of nitrogens with two attached hydrogens (primary N) is 1. The second-order valence-corrected chi connectivity index (χ2v) is 5.26. The number of hydrogen-bond acceptors (Lipinski definition) is 5. The molecule has 6 heteroatoms. The van der Waals surface area contributed by atoms with Crippen LogP contribution in [0.5, 0.6) is 0 Å². The third-order valence-electron chi connectivity index (χ3n) is 3.02. The summed E-state index contributed by atoms with van der Waals surface area (Å²) in [5, 5.41) is 3.92. The maximum Gasteiger partial charge on any atom is 0.260 e. The van der Waals surface area contributed by atoms with Crippen LogP contribution >= 0.6 is 11.8 Å². The highest BCUT2D eigenvalue weighted by molar-refractivity contribution is 7.98. The molecule has 1 aromatic heterocycles. The van der Waals surface area contributed by atoms with Gasteiger partial charge in [0.15, 0.2) is 0 Å². The van der Waals surface area contributed by atoms with E-state index in [0.717, 1.165) is 10.5 Å². The maximum absolute atomic E-state index is 13.3. The predicted molar refractivity (Wildman–Crippen MR) is 81.3 cm³/mol. The Bertz CT molecular complexity index is 771. The molecule has 4 nitrogen and oxygen atoms in total. The molecule has 106 valence electrons. The summed E-state index contributed by atoms with van der Waals surface area (Å²) in [6, 6.07) is 11.8. The van der Waals surface area contributed by atoms with Crippen LogP contribution in [0.3, 0.4) is 0 Å².